The maximum atomic E-state index is 11.9. The van der Waals surface area contributed by atoms with E-state index in [0.29, 0.717) is 24.1 Å². The topological polar surface area (TPSA) is 162 Å². The van der Waals surface area contributed by atoms with Gasteiger partial charge in [0.25, 0.3) is 0 Å². The van der Waals surface area contributed by atoms with Gasteiger partial charge in [-0.15, -0.1) is 11.3 Å². The minimum absolute atomic E-state index is 0.327. The first kappa shape index (κ1) is 27.1. The Morgan fingerprint density at radius 1 is 1.11 bits per heavy atom. The molecule has 3 heterocycles. The van der Waals surface area contributed by atoms with E-state index in [0.717, 1.165) is 45.0 Å². The lowest BCUT2D eigenvalue weighted by molar-refractivity contribution is 0.000720. The molecule has 3 aromatic rings. The third-order valence-electron chi connectivity index (χ3n) is 7.42. The Labute approximate surface area is 226 Å². The quantitative estimate of drug-likeness (QED) is 0.262. The summed E-state index contributed by atoms with van der Waals surface area (Å²) in [5, 5.41) is 29.4. The van der Waals surface area contributed by atoms with Crippen LogP contribution in [0.4, 0.5) is 11.8 Å². The Morgan fingerprint density at radius 2 is 1.84 bits per heavy atom. The fraction of sp³-hybridized carbons (Fsp3) is 0.600. The molecule has 206 valence electrons. The van der Waals surface area contributed by atoms with Crippen LogP contribution < -0.4 is 15.4 Å². The number of hydrogen-bond donors (Lipinski definition) is 5. The number of fused-ring (bicyclic) bond motifs is 1. The van der Waals surface area contributed by atoms with Crippen molar-refractivity contribution in [3.8, 4) is 10.6 Å². The van der Waals surface area contributed by atoms with Crippen molar-refractivity contribution < 1.29 is 18.6 Å². The van der Waals surface area contributed by atoms with Gasteiger partial charge in [-0.1, -0.05) is 0 Å². The van der Waals surface area contributed by atoms with Crippen LogP contribution in [0.2, 0.25) is 0 Å². The number of nitrogens with one attached hydrogen (secondary N) is 3. The van der Waals surface area contributed by atoms with Crippen LogP contribution in [0.1, 0.15) is 44.5 Å². The summed E-state index contributed by atoms with van der Waals surface area (Å²) in [6.45, 7) is 8.05. The van der Waals surface area contributed by atoms with Gasteiger partial charge in [-0.2, -0.15) is 4.98 Å². The van der Waals surface area contributed by atoms with E-state index >= 15 is 0 Å². The summed E-state index contributed by atoms with van der Waals surface area (Å²) in [6, 6.07) is 1.36. The molecule has 3 aromatic heterocycles. The highest BCUT2D eigenvalue weighted by Crippen LogP contribution is 2.40. The highest BCUT2D eigenvalue weighted by Gasteiger charge is 2.49. The van der Waals surface area contributed by atoms with Gasteiger partial charge < -0.3 is 20.8 Å². The molecule has 2 aliphatic carbocycles. The van der Waals surface area contributed by atoms with Crippen molar-refractivity contribution in [1.82, 2.24) is 24.7 Å². The smallest absolute Gasteiger partial charge is 0.224 e. The molecule has 2 aliphatic rings. The van der Waals surface area contributed by atoms with Crippen LogP contribution in [0.25, 0.3) is 20.8 Å². The summed E-state index contributed by atoms with van der Waals surface area (Å²) >= 11 is 1.52. The minimum atomic E-state index is -3.52. The molecule has 0 bridgehead atoms. The first-order chi connectivity index (χ1) is 17.8. The van der Waals surface area contributed by atoms with Crippen molar-refractivity contribution in [2.75, 3.05) is 23.4 Å². The summed E-state index contributed by atoms with van der Waals surface area (Å²) in [6.07, 6.45) is 3.30. The number of thiazole rings is 1. The van der Waals surface area contributed by atoms with Gasteiger partial charge in [-0.3, -0.25) is 4.98 Å². The number of aliphatic hydroxyl groups excluding tert-OH is 2. The molecule has 2 fully saturated rings. The molecule has 0 aromatic carbocycles. The van der Waals surface area contributed by atoms with Crippen LogP contribution in [0.3, 0.4) is 0 Å². The molecule has 0 unspecified atom stereocenters. The van der Waals surface area contributed by atoms with E-state index in [2.05, 4.69) is 20.3 Å². The minimum Gasteiger partial charge on any atom is -0.390 e. The Bertz CT molecular complexity index is 1460. The summed E-state index contributed by atoms with van der Waals surface area (Å²) in [4.78, 5) is 18.7. The van der Waals surface area contributed by atoms with Crippen LogP contribution in [0, 0.1) is 25.7 Å². The normalized spacial score (nSPS) is 24.2. The number of rotatable bonds is 9. The number of aryl methyl sites for hydroxylation is 2. The average Bonchev–Trinajstić information content (AvgIpc) is 3.47. The molecule has 5 N–H and O–H groups in total. The van der Waals surface area contributed by atoms with Crippen molar-refractivity contribution >= 4 is 43.3 Å². The lowest BCUT2D eigenvalue weighted by Gasteiger charge is -2.34. The van der Waals surface area contributed by atoms with E-state index in [9.17, 15) is 18.6 Å². The zero-order valence-electron chi connectivity index (χ0n) is 22.2. The van der Waals surface area contributed by atoms with Crippen molar-refractivity contribution in [2.24, 2.45) is 11.8 Å². The predicted molar refractivity (Wildman–Crippen MR) is 149 cm³/mol. The fourth-order valence-corrected chi connectivity index (χ4v) is 7.50. The van der Waals surface area contributed by atoms with Gasteiger partial charge in [0.05, 0.1) is 40.1 Å². The van der Waals surface area contributed by atoms with Gasteiger partial charge in [0.1, 0.15) is 22.4 Å². The van der Waals surface area contributed by atoms with E-state index in [4.69, 9.17) is 15.0 Å². The molecule has 0 radical (unpaired) electrons. The molecular formula is C25H35N7O4S2. The van der Waals surface area contributed by atoms with Crippen LogP contribution in [0.5, 0.6) is 0 Å². The molecule has 38 heavy (non-hydrogen) atoms. The van der Waals surface area contributed by atoms with Crippen molar-refractivity contribution in [3.63, 3.8) is 0 Å². The van der Waals surface area contributed by atoms with Crippen molar-refractivity contribution in [3.05, 3.63) is 23.7 Å². The summed E-state index contributed by atoms with van der Waals surface area (Å²) in [5.41, 5.74) is 2.14. The second-order valence-electron chi connectivity index (χ2n) is 11.1. The SMILES string of the molecule is Cc1nc(NCC2CC2)nc(N[C@@H]2C[C@H](C(C)(C)NS(C)(=O)=O)[C@@H](O)[C@H]2O)c1-c1nc2c(C)nccc2s1. The fourth-order valence-electron chi connectivity index (χ4n) is 5.28. The number of sulfonamides is 1. The summed E-state index contributed by atoms with van der Waals surface area (Å²) in [7, 11) is -3.52. The number of hydrogen-bond acceptors (Lipinski definition) is 11. The molecule has 13 heteroatoms. The highest BCUT2D eigenvalue weighted by molar-refractivity contribution is 7.88. The van der Waals surface area contributed by atoms with Gasteiger partial charge in [0.15, 0.2) is 0 Å². The number of nitrogens with zero attached hydrogens (tertiary/aromatic N) is 4. The van der Waals surface area contributed by atoms with Gasteiger partial charge in [-0.05, 0) is 58.9 Å². The zero-order chi connectivity index (χ0) is 27.4. The third-order valence-corrected chi connectivity index (χ3v) is 9.35. The number of pyridine rings is 1. The van der Waals surface area contributed by atoms with E-state index in [1.54, 1.807) is 20.0 Å². The molecule has 0 spiro atoms. The Hall–Kier alpha value is -2.45. The largest absolute Gasteiger partial charge is 0.390 e. The van der Waals surface area contributed by atoms with Crippen molar-refractivity contribution in [1.29, 1.82) is 0 Å². The third kappa shape index (κ3) is 5.62. The molecule has 0 amide bonds. The number of aliphatic hydroxyl groups is 2. The molecule has 2 saturated carbocycles. The van der Waals surface area contributed by atoms with Gasteiger partial charge in [0, 0.05) is 24.2 Å². The Morgan fingerprint density at radius 3 is 2.50 bits per heavy atom. The predicted octanol–water partition coefficient (Wildman–Crippen LogP) is 2.44. The second-order valence-corrected chi connectivity index (χ2v) is 13.9. The molecule has 0 saturated heterocycles. The maximum Gasteiger partial charge on any atom is 0.224 e. The van der Waals surface area contributed by atoms with E-state index in [1.807, 2.05) is 19.9 Å². The number of anilines is 2. The van der Waals surface area contributed by atoms with E-state index in [-0.39, 0.29) is 0 Å². The summed E-state index contributed by atoms with van der Waals surface area (Å²) in [5.74, 6) is 1.10. The van der Waals surface area contributed by atoms with E-state index in [1.165, 1.54) is 24.2 Å². The van der Waals surface area contributed by atoms with Crippen molar-refractivity contribution in [2.45, 2.75) is 70.7 Å². The first-order valence-corrected chi connectivity index (χ1v) is 15.5. The van der Waals surface area contributed by atoms with E-state index < -0.39 is 39.7 Å². The lowest BCUT2D eigenvalue weighted by Crippen LogP contribution is -2.52. The maximum absolute atomic E-state index is 11.9. The first-order valence-electron chi connectivity index (χ1n) is 12.8. The van der Waals surface area contributed by atoms with Crippen LogP contribution in [0.15, 0.2) is 12.3 Å². The highest BCUT2D eigenvalue weighted by atomic mass is 32.2. The van der Waals surface area contributed by atoms with Crippen LogP contribution >= 0.6 is 11.3 Å². The average molecular weight is 562 g/mol. The molecule has 11 nitrogen and oxygen atoms in total. The summed E-state index contributed by atoms with van der Waals surface area (Å²) < 4.78 is 27.5. The second kappa shape index (κ2) is 9.94. The Kier molecular flexibility index (Phi) is 7.10. The van der Waals surface area contributed by atoms with Gasteiger partial charge in [-0.25, -0.2) is 23.1 Å². The zero-order valence-corrected chi connectivity index (χ0v) is 23.8. The van der Waals surface area contributed by atoms with Crippen LogP contribution in [-0.4, -0.2) is 75.2 Å². The monoisotopic (exact) mass is 561 g/mol. The molecule has 5 rings (SSSR count). The van der Waals surface area contributed by atoms with Gasteiger partial charge >= 0.3 is 0 Å². The molecule has 4 atom stereocenters. The molecular weight excluding hydrogens is 526 g/mol. The van der Waals surface area contributed by atoms with Gasteiger partial charge in [0.2, 0.25) is 16.0 Å². The number of aromatic nitrogens is 4. The molecule has 0 aliphatic heterocycles. The lowest BCUT2D eigenvalue weighted by atomic mass is 9.85. The standard InChI is InChI=1S/C25H35N7O4S2/c1-12-18(23-30-19-13(2)26-9-8-17(19)37-23)22(31-24(28-12)27-11-14-6-7-14)29-16-10-15(20(33)21(16)34)25(3,4)32-38(5,35)36/h8-9,14-16,20-21,32-34H,6-7,10-11H2,1-5H3,(H2,27,28,29,31)/t15-,16+,20+,21-/m0/s1. The van der Waals surface area contributed by atoms with Crippen LogP contribution in [-0.2, 0) is 10.0 Å². The Balaban J connectivity index is 1.50.